The molecule has 5 heteroatoms. The average Bonchev–Trinajstić information content (AvgIpc) is 2.29. The van der Waals surface area contributed by atoms with E-state index in [1.54, 1.807) is 0 Å². The van der Waals surface area contributed by atoms with Gasteiger partial charge in [-0.1, -0.05) is 0 Å². The van der Waals surface area contributed by atoms with E-state index in [4.69, 9.17) is 4.74 Å². The predicted molar refractivity (Wildman–Crippen MR) is 61.5 cm³/mol. The molecule has 17 heavy (non-hydrogen) atoms. The third kappa shape index (κ3) is 5.08. The van der Waals surface area contributed by atoms with Crippen molar-refractivity contribution in [2.75, 3.05) is 13.1 Å². The van der Waals surface area contributed by atoms with Crippen LogP contribution in [-0.2, 0) is 19.1 Å². The first-order valence-electron chi connectivity index (χ1n) is 5.95. The maximum absolute atomic E-state index is 11.7. The topological polar surface area (TPSA) is 72.5 Å². The van der Waals surface area contributed by atoms with Crippen molar-refractivity contribution in [2.24, 2.45) is 5.92 Å². The van der Waals surface area contributed by atoms with Crippen molar-refractivity contribution in [3.05, 3.63) is 0 Å². The van der Waals surface area contributed by atoms with Crippen LogP contribution in [0.5, 0.6) is 0 Å². The van der Waals surface area contributed by atoms with Crippen molar-refractivity contribution in [1.82, 2.24) is 5.32 Å². The van der Waals surface area contributed by atoms with Gasteiger partial charge in [0.2, 0.25) is 0 Å². The lowest BCUT2D eigenvalue weighted by Crippen LogP contribution is -2.33. The molecule has 96 valence electrons. The summed E-state index contributed by atoms with van der Waals surface area (Å²) >= 11 is 0. The Kier molecular flexibility index (Phi) is 5.83. The summed E-state index contributed by atoms with van der Waals surface area (Å²) in [5.74, 6) is -0.0972. The molecule has 1 unspecified atom stereocenters. The van der Waals surface area contributed by atoms with Crippen molar-refractivity contribution in [3.8, 4) is 0 Å². The number of nitrogens with one attached hydrogen (secondary N) is 1. The van der Waals surface area contributed by atoms with E-state index in [1.165, 1.54) is 6.92 Å². The lowest BCUT2D eigenvalue weighted by atomic mass is 9.90. The van der Waals surface area contributed by atoms with Gasteiger partial charge in [0.25, 0.3) is 6.47 Å². The summed E-state index contributed by atoms with van der Waals surface area (Å²) < 4.78 is 4.80. The van der Waals surface area contributed by atoms with Gasteiger partial charge in [0.15, 0.2) is 11.9 Å². The fourth-order valence-electron chi connectivity index (χ4n) is 2.11. The summed E-state index contributed by atoms with van der Waals surface area (Å²) in [6.07, 6.45) is 1.59. The fraction of sp³-hybridized carbons (Fsp3) is 0.750. The maximum atomic E-state index is 11.7. The highest BCUT2D eigenvalue weighted by Crippen LogP contribution is 2.20. The number of rotatable bonds is 7. The van der Waals surface area contributed by atoms with Crippen LogP contribution >= 0.6 is 0 Å². The van der Waals surface area contributed by atoms with Gasteiger partial charge in [-0.3, -0.25) is 14.4 Å². The van der Waals surface area contributed by atoms with Crippen LogP contribution in [0.3, 0.4) is 0 Å². The van der Waals surface area contributed by atoms with Gasteiger partial charge >= 0.3 is 0 Å². The second-order valence-electron chi connectivity index (χ2n) is 4.50. The minimum Gasteiger partial charge on any atom is -0.457 e. The Morgan fingerprint density at radius 2 is 2.06 bits per heavy atom. The Bertz CT molecular complexity index is 284. The zero-order chi connectivity index (χ0) is 12.7. The van der Waals surface area contributed by atoms with Gasteiger partial charge in [0.1, 0.15) is 5.78 Å². The van der Waals surface area contributed by atoms with Gasteiger partial charge in [-0.25, -0.2) is 0 Å². The molecule has 0 radical (unpaired) electrons. The number of hydrogen-bond donors (Lipinski definition) is 1. The van der Waals surface area contributed by atoms with Crippen LogP contribution in [0.15, 0.2) is 0 Å². The minimum absolute atomic E-state index is 0.149. The molecule has 5 nitrogen and oxygen atoms in total. The molecule has 1 aliphatic rings. The molecule has 1 fully saturated rings. The van der Waals surface area contributed by atoms with Crippen molar-refractivity contribution in [1.29, 1.82) is 0 Å². The monoisotopic (exact) mass is 241 g/mol. The van der Waals surface area contributed by atoms with Crippen molar-refractivity contribution in [3.63, 3.8) is 0 Å². The highest BCUT2D eigenvalue weighted by molar-refractivity contribution is 6.00. The van der Waals surface area contributed by atoms with Crippen LogP contribution < -0.4 is 5.32 Å². The lowest BCUT2D eigenvalue weighted by Gasteiger charge is -2.25. The van der Waals surface area contributed by atoms with E-state index in [1.807, 2.05) is 0 Å². The van der Waals surface area contributed by atoms with E-state index in [2.05, 4.69) is 5.32 Å². The summed E-state index contributed by atoms with van der Waals surface area (Å²) in [7, 11) is 0. The lowest BCUT2D eigenvalue weighted by molar-refractivity contribution is -0.146. The normalized spacial score (nSPS) is 18.4. The number of Topliss-reactive ketones (excluding diaryl/α,β-unsaturated/α-hetero) is 2. The van der Waals surface area contributed by atoms with Crippen molar-refractivity contribution in [2.45, 2.75) is 38.7 Å². The summed E-state index contributed by atoms with van der Waals surface area (Å²) in [5, 5.41) is 3.23. The van der Waals surface area contributed by atoms with E-state index >= 15 is 0 Å². The summed E-state index contributed by atoms with van der Waals surface area (Å²) in [6, 6.07) is 0. The van der Waals surface area contributed by atoms with E-state index in [-0.39, 0.29) is 18.0 Å². The van der Waals surface area contributed by atoms with Crippen molar-refractivity contribution < 1.29 is 19.1 Å². The van der Waals surface area contributed by atoms with Gasteiger partial charge in [-0.15, -0.1) is 0 Å². The first kappa shape index (κ1) is 13.8. The third-order valence-electron chi connectivity index (χ3n) is 3.01. The van der Waals surface area contributed by atoms with E-state index in [0.29, 0.717) is 18.8 Å². The molecule has 1 atom stereocenters. The molecule has 0 bridgehead atoms. The number of carbonyl (C=O) groups is 3. The van der Waals surface area contributed by atoms with E-state index in [0.717, 1.165) is 25.9 Å². The summed E-state index contributed by atoms with van der Waals surface area (Å²) in [5.41, 5.74) is 0. The second kappa shape index (κ2) is 7.17. The molecular weight excluding hydrogens is 222 g/mol. The number of hydrogen-bond acceptors (Lipinski definition) is 5. The zero-order valence-electron chi connectivity index (χ0n) is 10.1. The smallest absolute Gasteiger partial charge is 0.293 e. The number of ketones is 2. The molecule has 0 aliphatic carbocycles. The standard InChI is InChI=1S/C12H19NO4/c1-9(15)6-11(16)12(17-8-14)7-10-2-4-13-5-3-10/h8,10,12-13H,2-7H2,1H3. The molecule has 0 amide bonds. The van der Waals surface area contributed by atoms with Gasteiger partial charge in [-0.05, 0) is 45.2 Å². The first-order chi connectivity index (χ1) is 8.13. The molecule has 1 saturated heterocycles. The minimum atomic E-state index is -0.750. The van der Waals surface area contributed by atoms with Crippen LogP contribution in [0.2, 0.25) is 0 Å². The maximum Gasteiger partial charge on any atom is 0.293 e. The zero-order valence-corrected chi connectivity index (χ0v) is 10.1. The molecule has 1 N–H and O–H groups in total. The Morgan fingerprint density at radius 1 is 1.41 bits per heavy atom. The number of carbonyl (C=O) groups excluding carboxylic acids is 3. The van der Waals surface area contributed by atoms with Crippen LogP contribution in [0.1, 0.15) is 32.6 Å². The summed E-state index contributed by atoms with van der Waals surface area (Å²) in [6.45, 7) is 3.52. The molecule has 0 aromatic rings. The van der Waals surface area contributed by atoms with Gasteiger partial charge in [-0.2, -0.15) is 0 Å². The number of piperidine rings is 1. The average molecular weight is 241 g/mol. The molecule has 0 aromatic heterocycles. The highest BCUT2D eigenvalue weighted by atomic mass is 16.5. The molecular formula is C12H19NO4. The summed E-state index contributed by atoms with van der Waals surface area (Å²) in [4.78, 5) is 33.0. The Labute approximate surface area is 101 Å². The van der Waals surface area contributed by atoms with Crippen LogP contribution in [0, 0.1) is 5.92 Å². The Balaban J connectivity index is 2.48. The van der Waals surface area contributed by atoms with Crippen molar-refractivity contribution >= 4 is 18.0 Å². The largest absolute Gasteiger partial charge is 0.457 e. The SMILES string of the molecule is CC(=O)CC(=O)C(CC1CCNCC1)OC=O. The number of ether oxygens (including phenoxy) is 1. The highest BCUT2D eigenvalue weighted by Gasteiger charge is 2.25. The van der Waals surface area contributed by atoms with Gasteiger partial charge in [0, 0.05) is 0 Å². The fourth-order valence-corrected chi connectivity index (χ4v) is 2.11. The van der Waals surface area contributed by atoms with E-state index < -0.39 is 6.10 Å². The molecule has 0 spiro atoms. The predicted octanol–water partition coefficient (Wildman–Crippen LogP) is 0.466. The van der Waals surface area contributed by atoms with Gasteiger partial charge < -0.3 is 10.1 Å². The molecule has 1 aliphatic heterocycles. The van der Waals surface area contributed by atoms with E-state index in [9.17, 15) is 14.4 Å². The Morgan fingerprint density at radius 3 is 2.59 bits per heavy atom. The molecule has 0 saturated carbocycles. The van der Waals surface area contributed by atoms with Gasteiger partial charge in [0.05, 0.1) is 6.42 Å². The molecule has 1 rings (SSSR count). The quantitative estimate of drug-likeness (QED) is 0.518. The second-order valence-corrected chi connectivity index (χ2v) is 4.50. The molecule has 1 heterocycles. The van der Waals surface area contributed by atoms with Crippen LogP contribution in [0.25, 0.3) is 0 Å². The first-order valence-corrected chi connectivity index (χ1v) is 5.95. The van der Waals surface area contributed by atoms with Crippen LogP contribution in [-0.4, -0.2) is 37.2 Å². The Hall–Kier alpha value is -1.23. The molecule has 0 aromatic carbocycles. The third-order valence-corrected chi connectivity index (χ3v) is 3.01. The van der Waals surface area contributed by atoms with Crippen LogP contribution in [0.4, 0.5) is 0 Å².